The molecule has 0 unspecified atom stereocenters. The number of hydrogen-bond donors (Lipinski definition) is 2. The van der Waals surface area contributed by atoms with E-state index in [-0.39, 0.29) is 0 Å². The van der Waals surface area contributed by atoms with E-state index in [9.17, 15) is 0 Å². The largest absolute Gasteiger partial charge is 0.351 e. The Hall–Kier alpha value is -2.01. The highest BCUT2D eigenvalue weighted by atomic mass is 35.5. The first-order chi connectivity index (χ1) is 9.56. The van der Waals surface area contributed by atoms with Crippen LogP contribution in [0.4, 0.5) is 5.95 Å². The van der Waals surface area contributed by atoms with Crippen LogP contribution >= 0.6 is 11.6 Å². The molecule has 3 aromatic rings. The van der Waals surface area contributed by atoms with Crippen molar-refractivity contribution in [2.24, 2.45) is 7.05 Å². The molecule has 0 aliphatic carbocycles. The summed E-state index contributed by atoms with van der Waals surface area (Å²) in [5.74, 6) is 0.822. The minimum atomic E-state index is 0.694. The molecule has 0 radical (unpaired) electrons. The van der Waals surface area contributed by atoms with Gasteiger partial charge in [-0.1, -0.05) is 11.6 Å². The van der Waals surface area contributed by atoms with Gasteiger partial charge in [0.2, 0.25) is 5.95 Å². The molecule has 0 aliphatic rings. The van der Waals surface area contributed by atoms with Crippen LogP contribution in [0, 0.1) is 13.8 Å². The summed E-state index contributed by atoms with van der Waals surface area (Å²) in [6.07, 6.45) is 0. The van der Waals surface area contributed by atoms with Crippen molar-refractivity contribution in [2.75, 3.05) is 5.32 Å². The lowest BCUT2D eigenvalue weighted by Gasteiger charge is -2.06. The third-order valence-electron chi connectivity index (χ3n) is 3.55. The van der Waals surface area contributed by atoms with Crippen molar-refractivity contribution in [3.05, 3.63) is 40.2 Å². The Labute approximate surface area is 122 Å². The Bertz CT molecular complexity index is 752. The maximum absolute atomic E-state index is 6.00. The molecule has 3 rings (SSSR count). The van der Waals surface area contributed by atoms with Gasteiger partial charge in [-0.3, -0.25) is 5.10 Å². The summed E-state index contributed by atoms with van der Waals surface area (Å²) < 4.78 is 2.02. The van der Waals surface area contributed by atoms with E-state index in [4.69, 9.17) is 11.6 Å². The molecule has 5 nitrogen and oxygen atoms in total. The first-order valence-electron chi connectivity index (χ1n) is 6.42. The van der Waals surface area contributed by atoms with E-state index in [1.807, 2.05) is 43.7 Å². The summed E-state index contributed by atoms with van der Waals surface area (Å²) >= 11 is 6.00. The number of imidazole rings is 1. The number of nitrogens with zero attached hydrogens (tertiary/aromatic N) is 3. The maximum Gasteiger partial charge on any atom is 0.203 e. The number of hydrogen-bond acceptors (Lipinski definition) is 3. The summed E-state index contributed by atoms with van der Waals surface area (Å²) in [6.45, 7) is 4.71. The maximum atomic E-state index is 6.00. The number of nitrogens with one attached hydrogen (secondary N) is 2. The zero-order valence-corrected chi connectivity index (χ0v) is 12.4. The van der Waals surface area contributed by atoms with Crippen molar-refractivity contribution in [1.82, 2.24) is 19.7 Å². The van der Waals surface area contributed by atoms with Crippen LogP contribution in [0.5, 0.6) is 0 Å². The number of aromatic amines is 1. The van der Waals surface area contributed by atoms with Crippen LogP contribution in [0.25, 0.3) is 11.0 Å². The average molecular weight is 290 g/mol. The molecule has 0 atom stereocenters. The van der Waals surface area contributed by atoms with Crippen LogP contribution in [0.1, 0.15) is 17.0 Å². The molecular weight excluding hydrogens is 274 g/mol. The van der Waals surface area contributed by atoms with E-state index in [1.54, 1.807) is 0 Å². The van der Waals surface area contributed by atoms with Crippen LogP contribution in [0.2, 0.25) is 5.02 Å². The fourth-order valence-corrected chi connectivity index (χ4v) is 2.50. The van der Waals surface area contributed by atoms with Crippen LogP contribution in [0.15, 0.2) is 18.2 Å². The molecule has 6 heteroatoms. The van der Waals surface area contributed by atoms with Gasteiger partial charge in [0, 0.05) is 29.9 Å². The van der Waals surface area contributed by atoms with Gasteiger partial charge in [0.25, 0.3) is 0 Å². The van der Waals surface area contributed by atoms with Crippen molar-refractivity contribution in [1.29, 1.82) is 0 Å². The SMILES string of the molecule is Cc1n[nH]c(C)c1CNc1nc2cc(Cl)ccc2n1C. The molecule has 0 aliphatic heterocycles. The minimum Gasteiger partial charge on any atom is -0.351 e. The van der Waals surface area contributed by atoms with Gasteiger partial charge in [-0.15, -0.1) is 0 Å². The molecular formula is C14H16ClN5. The number of fused-ring (bicyclic) bond motifs is 1. The molecule has 20 heavy (non-hydrogen) atoms. The summed E-state index contributed by atoms with van der Waals surface area (Å²) in [7, 11) is 1.99. The number of benzene rings is 1. The van der Waals surface area contributed by atoms with E-state index in [0.717, 1.165) is 28.4 Å². The number of H-pyrrole nitrogens is 1. The van der Waals surface area contributed by atoms with Gasteiger partial charge in [0.15, 0.2) is 0 Å². The summed E-state index contributed by atoms with van der Waals surface area (Å²) in [6, 6.07) is 5.72. The standard InChI is InChI=1S/C14H16ClN5/c1-8-11(9(2)19-18-8)7-16-14-17-12-6-10(15)4-5-13(12)20(14)3/h4-6H,7H2,1-3H3,(H,16,17)(H,18,19). The molecule has 1 aromatic carbocycles. The van der Waals surface area contributed by atoms with Crippen LogP contribution < -0.4 is 5.32 Å². The fraction of sp³-hybridized carbons (Fsp3) is 0.286. The lowest BCUT2D eigenvalue weighted by molar-refractivity contribution is 0.923. The second-order valence-corrected chi connectivity index (χ2v) is 5.33. The normalized spacial score (nSPS) is 11.2. The fourth-order valence-electron chi connectivity index (χ4n) is 2.33. The van der Waals surface area contributed by atoms with E-state index in [0.29, 0.717) is 11.6 Å². The first-order valence-corrected chi connectivity index (χ1v) is 6.80. The van der Waals surface area contributed by atoms with Crippen LogP contribution in [0.3, 0.4) is 0 Å². The molecule has 0 spiro atoms. The number of aromatic nitrogens is 4. The summed E-state index contributed by atoms with van der Waals surface area (Å²) in [4.78, 5) is 4.57. The van der Waals surface area contributed by atoms with Gasteiger partial charge >= 0.3 is 0 Å². The highest BCUT2D eigenvalue weighted by Crippen LogP contribution is 2.22. The Morgan fingerprint density at radius 1 is 1.35 bits per heavy atom. The molecule has 0 saturated heterocycles. The zero-order valence-electron chi connectivity index (χ0n) is 11.7. The van der Waals surface area contributed by atoms with E-state index in [2.05, 4.69) is 20.5 Å². The van der Waals surface area contributed by atoms with E-state index in [1.165, 1.54) is 5.56 Å². The lowest BCUT2D eigenvalue weighted by atomic mass is 10.2. The highest BCUT2D eigenvalue weighted by molar-refractivity contribution is 6.31. The molecule has 2 N–H and O–H groups in total. The minimum absolute atomic E-state index is 0.694. The summed E-state index contributed by atoms with van der Waals surface area (Å²) in [5.41, 5.74) is 5.21. The van der Waals surface area contributed by atoms with Crippen LogP contribution in [-0.2, 0) is 13.6 Å². The monoisotopic (exact) mass is 289 g/mol. The van der Waals surface area contributed by atoms with Gasteiger partial charge in [-0.2, -0.15) is 5.10 Å². The Balaban J connectivity index is 1.90. The number of rotatable bonds is 3. The predicted octanol–water partition coefficient (Wildman–Crippen LogP) is 3.18. The van der Waals surface area contributed by atoms with Gasteiger partial charge < -0.3 is 9.88 Å². The smallest absolute Gasteiger partial charge is 0.203 e. The number of halogens is 1. The average Bonchev–Trinajstić information content (AvgIpc) is 2.89. The van der Waals surface area contributed by atoms with E-state index < -0.39 is 0 Å². The highest BCUT2D eigenvalue weighted by Gasteiger charge is 2.10. The van der Waals surface area contributed by atoms with Crippen molar-refractivity contribution >= 4 is 28.6 Å². The molecule has 0 fully saturated rings. The van der Waals surface area contributed by atoms with E-state index >= 15 is 0 Å². The van der Waals surface area contributed by atoms with Gasteiger partial charge in [-0.25, -0.2) is 4.98 Å². The molecule has 0 amide bonds. The predicted molar refractivity (Wildman–Crippen MR) is 81.1 cm³/mol. The lowest BCUT2D eigenvalue weighted by Crippen LogP contribution is -2.06. The molecule has 0 bridgehead atoms. The molecule has 2 aromatic heterocycles. The first kappa shape index (κ1) is 13.0. The Morgan fingerprint density at radius 2 is 2.15 bits per heavy atom. The second kappa shape index (κ2) is 4.83. The quantitative estimate of drug-likeness (QED) is 0.778. The van der Waals surface area contributed by atoms with Crippen molar-refractivity contribution < 1.29 is 0 Å². The van der Waals surface area contributed by atoms with Crippen molar-refractivity contribution in [3.8, 4) is 0 Å². The van der Waals surface area contributed by atoms with Crippen LogP contribution in [-0.4, -0.2) is 19.7 Å². The second-order valence-electron chi connectivity index (χ2n) is 4.89. The third-order valence-corrected chi connectivity index (χ3v) is 3.78. The number of aryl methyl sites for hydroxylation is 3. The zero-order chi connectivity index (χ0) is 14.3. The number of anilines is 1. The molecule has 104 valence electrons. The van der Waals surface area contributed by atoms with Gasteiger partial charge in [0.05, 0.1) is 16.7 Å². The van der Waals surface area contributed by atoms with Gasteiger partial charge in [-0.05, 0) is 32.0 Å². The van der Waals surface area contributed by atoms with Crippen molar-refractivity contribution in [3.63, 3.8) is 0 Å². The Kier molecular flexibility index (Phi) is 3.14. The summed E-state index contributed by atoms with van der Waals surface area (Å²) in [5, 5.41) is 11.2. The third kappa shape index (κ3) is 2.14. The Morgan fingerprint density at radius 3 is 2.85 bits per heavy atom. The molecule has 0 saturated carbocycles. The van der Waals surface area contributed by atoms with Gasteiger partial charge in [0.1, 0.15) is 0 Å². The molecule has 2 heterocycles. The van der Waals surface area contributed by atoms with Crippen molar-refractivity contribution in [2.45, 2.75) is 20.4 Å². The topological polar surface area (TPSA) is 58.5 Å².